The summed E-state index contributed by atoms with van der Waals surface area (Å²) in [6, 6.07) is 8.23. The molecule has 4 nitrogen and oxygen atoms in total. The molecule has 96 valence electrons. The Balaban J connectivity index is 2.58. The first-order chi connectivity index (χ1) is 8.54. The van der Waals surface area contributed by atoms with E-state index in [4.69, 9.17) is 0 Å². The second kappa shape index (κ2) is 4.77. The van der Waals surface area contributed by atoms with Crippen LogP contribution in [0.4, 0.5) is 13.2 Å². The Morgan fingerprint density at radius 3 is 2.39 bits per heavy atom. The van der Waals surface area contributed by atoms with E-state index in [-0.39, 0.29) is 12.4 Å². The van der Waals surface area contributed by atoms with E-state index in [9.17, 15) is 13.2 Å². The molecule has 0 aliphatic rings. The monoisotopic (exact) mass is 256 g/mol. The van der Waals surface area contributed by atoms with E-state index in [1.807, 2.05) is 0 Å². The lowest BCUT2D eigenvalue weighted by atomic mass is 10.3. The summed E-state index contributed by atoms with van der Waals surface area (Å²) in [7, 11) is 1.64. The van der Waals surface area contributed by atoms with E-state index >= 15 is 0 Å². The van der Waals surface area contributed by atoms with Crippen LogP contribution in [0.3, 0.4) is 0 Å². The number of benzene rings is 1. The molecule has 1 N–H and O–H groups in total. The van der Waals surface area contributed by atoms with Gasteiger partial charge in [-0.1, -0.05) is 18.2 Å². The van der Waals surface area contributed by atoms with Crippen molar-refractivity contribution in [3.8, 4) is 5.69 Å². The molecule has 0 atom stereocenters. The maximum atomic E-state index is 12.8. The fourth-order valence-corrected chi connectivity index (χ4v) is 1.62. The first-order valence-corrected chi connectivity index (χ1v) is 5.25. The van der Waals surface area contributed by atoms with Gasteiger partial charge in [-0.3, -0.25) is 4.57 Å². The van der Waals surface area contributed by atoms with Gasteiger partial charge in [0.05, 0.1) is 6.54 Å². The lowest BCUT2D eigenvalue weighted by molar-refractivity contribution is -0.146. The van der Waals surface area contributed by atoms with Gasteiger partial charge in [-0.15, -0.1) is 10.2 Å². The number of nitrogens with one attached hydrogen (secondary N) is 1. The number of hydrogen-bond donors (Lipinski definition) is 1. The normalized spacial score (nSPS) is 11.8. The molecule has 0 saturated heterocycles. The number of alkyl halides is 3. The maximum absolute atomic E-state index is 12.8. The Labute approximate surface area is 101 Å². The molecule has 0 fully saturated rings. The van der Waals surface area contributed by atoms with Crippen LogP contribution in [0.5, 0.6) is 0 Å². The highest BCUT2D eigenvalue weighted by atomic mass is 19.4. The van der Waals surface area contributed by atoms with Crippen LogP contribution in [0.2, 0.25) is 0 Å². The van der Waals surface area contributed by atoms with Crippen molar-refractivity contribution in [2.45, 2.75) is 12.7 Å². The van der Waals surface area contributed by atoms with Crippen LogP contribution < -0.4 is 5.32 Å². The Morgan fingerprint density at radius 1 is 1.17 bits per heavy atom. The van der Waals surface area contributed by atoms with Crippen molar-refractivity contribution >= 4 is 0 Å². The lowest BCUT2D eigenvalue weighted by Gasteiger charge is -2.11. The molecule has 1 heterocycles. The molecule has 0 amide bonds. The third-order valence-corrected chi connectivity index (χ3v) is 2.33. The molecule has 0 radical (unpaired) electrons. The largest absolute Gasteiger partial charge is 0.452 e. The number of halogens is 3. The SMILES string of the molecule is CNCc1nnc(C(F)(F)F)n1-c1ccccc1. The number of rotatable bonds is 3. The van der Waals surface area contributed by atoms with Crippen molar-refractivity contribution in [3.05, 3.63) is 42.0 Å². The van der Waals surface area contributed by atoms with Crippen LogP contribution in [0.15, 0.2) is 30.3 Å². The quantitative estimate of drug-likeness (QED) is 0.913. The average molecular weight is 256 g/mol. The van der Waals surface area contributed by atoms with E-state index in [1.54, 1.807) is 37.4 Å². The number of aromatic nitrogens is 3. The van der Waals surface area contributed by atoms with E-state index in [1.165, 1.54) is 0 Å². The molecule has 0 spiro atoms. The fraction of sp³-hybridized carbons (Fsp3) is 0.273. The van der Waals surface area contributed by atoms with E-state index < -0.39 is 12.0 Å². The summed E-state index contributed by atoms with van der Waals surface area (Å²) in [6.07, 6.45) is -4.53. The topological polar surface area (TPSA) is 42.7 Å². The summed E-state index contributed by atoms with van der Waals surface area (Å²) < 4.78 is 39.5. The molecule has 7 heteroatoms. The Bertz CT molecular complexity index is 519. The summed E-state index contributed by atoms with van der Waals surface area (Å²) in [5.74, 6) is -0.796. The second-order valence-corrected chi connectivity index (χ2v) is 3.64. The summed E-state index contributed by atoms with van der Waals surface area (Å²) in [5, 5.41) is 9.58. The molecule has 0 aliphatic heterocycles. The molecule has 2 aromatic rings. The predicted octanol–water partition coefficient (Wildman–Crippen LogP) is 2.01. The van der Waals surface area contributed by atoms with Crippen LogP contribution in [-0.4, -0.2) is 21.8 Å². The van der Waals surface area contributed by atoms with E-state index in [2.05, 4.69) is 15.5 Å². The van der Waals surface area contributed by atoms with Crippen molar-refractivity contribution < 1.29 is 13.2 Å². The van der Waals surface area contributed by atoms with Crippen molar-refractivity contribution in [2.24, 2.45) is 0 Å². The van der Waals surface area contributed by atoms with Gasteiger partial charge in [0.25, 0.3) is 0 Å². The molecular weight excluding hydrogens is 245 g/mol. The lowest BCUT2D eigenvalue weighted by Crippen LogP contribution is -2.17. The van der Waals surface area contributed by atoms with Gasteiger partial charge < -0.3 is 5.32 Å². The Hall–Kier alpha value is -1.89. The van der Waals surface area contributed by atoms with Gasteiger partial charge in [0.15, 0.2) is 5.82 Å². The van der Waals surface area contributed by atoms with Gasteiger partial charge in [0.2, 0.25) is 5.82 Å². The predicted molar refractivity (Wildman–Crippen MR) is 59.1 cm³/mol. The van der Waals surface area contributed by atoms with Gasteiger partial charge in [0, 0.05) is 5.69 Å². The van der Waals surface area contributed by atoms with Crippen LogP contribution in [0, 0.1) is 0 Å². The van der Waals surface area contributed by atoms with E-state index in [0.717, 1.165) is 4.57 Å². The molecular formula is C11H11F3N4. The Kier molecular flexibility index (Phi) is 3.33. The van der Waals surface area contributed by atoms with Crippen molar-refractivity contribution in [2.75, 3.05) is 7.05 Å². The highest BCUT2D eigenvalue weighted by Gasteiger charge is 2.38. The van der Waals surface area contributed by atoms with Gasteiger partial charge in [-0.25, -0.2) is 0 Å². The van der Waals surface area contributed by atoms with Crippen LogP contribution in [0.25, 0.3) is 5.69 Å². The second-order valence-electron chi connectivity index (χ2n) is 3.64. The zero-order chi connectivity index (χ0) is 13.2. The van der Waals surface area contributed by atoms with Gasteiger partial charge in [0.1, 0.15) is 0 Å². The highest BCUT2D eigenvalue weighted by molar-refractivity contribution is 5.34. The number of para-hydroxylation sites is 1. The van der Waals surface area contributed by atoms with Gasteiger partial charge >= 0.3 is 6.18 Å². The summed E-state index contributed by atoms with van der Waals surface area (Å²) in [4.78, 5) is 0. The van der Waals surface area contributed by atoms with E-state index in [0.29, 0.717) is 5.69 Å². The van der Waals surface area contributed by atoms with Crippen LogP contribution in [-0.2, 0) is 12.7 Å². The molecule has 0 bridgehead atoms. The minimum Gasteiger partial charge on any atom is -0.313 e. The number of hydrogen-bond acceptors (Lipinski definition) is 3. The highest BCUT2D eigenvalue weighted by Crippen LogP contribution is 2.30. The Morgan fingerprint density at radius 2 is 1.83 bits per heavy atom. The minimum atomic E-state index is -4.53. The zero-order valence-electron chi connectivity index (χ0n) is 9.57. The fourth-order valence-electron chi connectivity index (χ4n) is 1.62. The molecule has 0 aliphatic carbocycles. The average Bonchev–Trinajstić information content (AvgIpc) is 2.74. The molecule has 2 rings (SSSR count). The minimum absolute atomic E-state index is 0.206. The van der Waals surface area contributed by atoms with Crippen LogP contribution in [0.1, 0.15) is 11.6 Å². The maximum Gasteiger partial charge on any atom is 0.452 e. The smallest absolute Gasteiger partial charge is 0.313 e. The first kappa shape index (κ1) is 12.6. The van der Waals surface area contributed by atoms with Gasteiger partial charge in [-0.05, 0) is 19.2 Å². The molecule has 1 aromatic carbocycles. The molecule has 0 unspecified atom stereocenters. The van der Waals surface area contributed by atoms with Crippen molar-refractivity contribution in [1.82, 2.24) is 20.1 Å². The molecule has 0 saturated carbocycles. The van der Waals surface area contributed by atoms with Crippen LogP contribution >= 0.6 is 0 Å². The third-order valence-electron chi connectivity index (χ3n) is 2.33. The van der Waals surface area contributed by atoms with Crippen molar-refractivity contribution in [3.63, 3.8) is 0 Å². The van der Waals surface area contributed by atoms with Gasteiger partial charge in [-0.2, -0.15) is 13.2 Å². The zero-order valence-corrected chi connectivity index (χ0v) is 9.57. The summed E-state index contributed by atoms with van der Waals surface area (Å²) >= 11 is 0. The third kappa shape index (κ3) is 2.35. The number of nitrogens with zero attached hydrogens (tertiary/aromatic N) is 3. The van der Waals surface area contributed by atoms with Crippen molar-refractivity contribution in [1.29, 1.82) is 0 Å². The standard InChI is InChI=1S/C11H11F3N4/c1-15-7-9-16-17-10(11(12,13)14)18(9)8-5-3-2-4-6-8/h2-6,15H,7H2,1H3. The molecule has 18 heavy (non-hydrogen) atoms. The first-order valence-electron chi connectivity index (χ1n) is 5.25. The molecule has 1 aromatic heterocycles. The summed E-state index contributed by atoms with van der Waals surface area (Å²) in [6.45, 7) is 0.206. The summed E-state index contributed by atoms with van der Waals surface area (Å²) in [5.41, 5.74) is 0.389.